The Labute approximate surface area is 78.3 Å². The van der Waals surface area contributed by atoms with E-state index in [2.05, 4.69) is 16.6 Å². The first-order chi connectivity index (χ1) is 5.94. The fourth-order valence-corrected chi connectivity index (χ4v) is 1.33. The summed E-state index contributed by atoms with van der Waals surface area (Å²) in [6.45, 7) is 4.83. The lowest BCUT2D eigenvalue weighted by Gasteiger charge is -2.11. The van der Waals surface area contributed by atoms with E-state index in [9.17, 15) is 13.2 Å². The Bertz CT molecular complexity index is 284. The van der Waals surface area contributed by atoms with Gasteiger partial charge in [0.2, 0.25) is 15.9 Å². The Morgan fingerprint density at radius 1 is 1.62 bits per heavy atom. The number of hydrogen-bond donors (Lipinski definition) is 2. The van der Waals surface area contributed by atoms with E-state index in [0.717, 1.165) is 6.08 Å². The van der Waals surface area contributed by atoms with Gasteiger partial charge in [0.15, 0.2) is 0 Å². The van der Waals surface area contributed by atoms with Crippen LogP contribution in [0.5, 0.6) is 0 Å². The first-order valence-electron chi connectivity index (χ1n) is 3.76. The molecule has 76 valence electrons. The molecule has 2 N–H and O–H groups in total. The van der Waals surface area contributed by atoms with Crippen molar-refractivity contribution in [1.82, 2.24) is 10.0 Å². The van der Waals surface area contributed by atoms with Gasteiger partial charge in [-0.05, 0) is 20.0 Å². The Morgan fingerprint density at radius 3 is 2.54 bits per heavy atom. The maximum Gasteiger partial charge on any atom is 0.243 e. The van der Waals surface area contributed by atoms with Gasteiger partial charge < -0.3 is 5.32 Å². The highest BCUT2D eigenvalue weighted by Crippen LogP contribution is 1.94. The van der Waals surface area contributed by atoms with E-state index in [1.54, 1.807) is 0 Å². The summed E-state index contributed by atoms with van der Waals surface area (Å²) in [5, 5.41) is 1.74. The van der Waals surface area contributed by atoms with E-state index in [4.69, 9.17) is 0 Å². The molecule has 0 rings (SSSR count). The fourth-order valence-electron chi connectivity index (χ4n) is 0.627. The second-order valence-electron chi connectivity index (χ2n) is 2.51. The van der Waals surface area contributed by atoms with Gasteiger partial charge in [-0.1, -0.05) is 6.58 Å². The fraction of sp³-hybridized carbons (Fsp3) is 0.571. The van der Waals surface area contributed by atoms with Crippen molar-refractivity contribution in [3.05, 3.63) is 12.7 Å². The molecular weight excluding hydrogens is 192 g/mol. The van der Waals surface area contributed by atoms with Crippen molar-refractivity contribution in [1.29, 1.82) is 0 Å². The molecule has 0 saturated carbocycles. The van der Waals surface area contributed by atoms with Gasteiger partial charge in [0.05, 0.1) is 5.25 Å². The SMILES string of the molecule is C=CC(=O)NC[C@@H](C)S(=O)(=O)NC. The first-order valence-corrected chi connectivity index (χ1v) is 5.31. The Morgan fingerprint density at radius 2 is 2.15 bits per heavy atom. The second-order valence-corrected chi connectivity index (χ2v) is 4.81. The van der Waals surface area contributed by atoms with Gasteiger partial charge in [-0.25, -0.2) is 13.1 Å². The normalized spacial score (nSPS) is 13.4. The van der Waals surface area contributed by atoms with Crippen molar-refractivity contribution in [3.8, 4) is 0 Å². The minimum absolute atomic E-state index is 0.0774. The number of amides is 1. The van der Waals surface area contributed by atoms with E-state index in [-0.39, 0.29) is 12.5 Å². The molecule has 0 radical (unpaired) electrons. The molecule has 0 aromatic heterocycles. The smallest absolute Gasteiger partial charge is 0.243 e. The number of hydrogen-bond acceptors (Lipinski definition) is 3. The Hall–Kier alpha value is -0.880. The molecule has 0 saturated heterocycles. The first kappa shape index (κ1) is 12.1. The molecule has 1 amide bonds. The highest BCUT2D eigenvalue weighted by Gasteiger charge is 2.18. The molecule has 1 atom stereocenters. The number of sulfonamides is 1. The zero-order valence-corrected chi connectivity index (χ0v) is 8.52. The van der Waals surface area contributed by atoms with E-state index in [0.29, 0.717) is 0 Å². The molecule has 0 aliphatic carbocycles. The van der Waals surface area contributed by atoms with Gasteiger partial charge in [-0.2, -0.15) is 0 Å². The van der Waals surface area contributed by atoms with Crippen LogP contribution in [0.4, 0.5) is 0 Å². The molecule has 0 spiro atoms. The molecule has 0 aliphatic heterocycles. The molecule has 13 heavy (non-hydrogen) atoms. The predicted octanol–water partition coefficient (Wildman–Crippen LogP) is -0.774. The second kappa shape index (κ2) is 4.98. The lowest BCUT2D eigenvalue weighted by Crippen LogP contribution is -2.38. The number of rotatable bonds is 5. The number of carbonyl (C=O) groups is 1. The average Bonchev–Trinajstić information content (AvgIpc) is 2.13. The van der Waals surface area contributed by atoms with Crippen LogP contribution in [0.15, 0.2) is 12.7 Å². The summed E-state index contributed by atoms with van der Waals surface area (Å²) in [6.07, 6.45) is 1.10. The van der Waals surface area contributed by atoms with Crippen molar-refractivity contribution in [2.75, 3.05) is 13.6 Å². The van der Waals surface area contributed by atoms with E-state index in [1.165, 1.54) is 14.0 Å². The molecule has 0 unspecified atom stereocenters. The lowest BCUT2D eigenvalue weighted by molar-refractivity contribution is -0.116. The molecule has 6 heteroatoms. The van der Waals surface area contributed by atoms with Crippen LogP contribution in [-0.2, 0) is 14.8 Å². The van der Waals surface area contributed by atoms with Gasteiger partial charge in [0, 0.05) is 6.54 Å². The van der Waals surface area contributed by atoms with Gasteiger partial charge in [-0.15, -0.1) is 0 Å². The van der Waals surface area contributed by atoms with Crippen LogP contribution in [0.25, 0.3) is 0 Å². The van der Waals surface area contributed by atoms with Crippen molar-refractivity contribution < 1.29 is 13.2 Å². The summed E-state index contributed by atoms with van der Waals surface area (Å²) in [5.41, 5.74) is 0. The minimum atomic E-state index is -3.30. The molecular formula is C7H14N2O3S. The largest absolute Gasteiger partial charge is 0.351 e. The summed E-state index contributed by atoms with van der Waals surface area (Å²) >= 11 is 0. The molecule has 0 heterocycles. The third kappa shape index (κ3) is 4.05. The molecule has 0 bridgehead atoms. The van der Waals surface area contributed by atoms with Crippen molar-refractivity contribution in [2.24, 2.45) is 0 Å². The summed E-state index contributed by atoms with van der Waals surface area (Å²) in [6, 6.07) is 0. The van der Waals surface area contributed by atoms with Crippen LogP contribution in [-0.4, -0.2) is 33.2 Å². The van der Waals surface area contributed by atoms with Gasteiger partial charge >= 0.3 is 0 Å². The van der Waals surface area contributed by atoms with Crippen molar-refractivity contribution in [3.63, 3.8) is 0 Å². The number of carbonyl (C=O) groups excluding carboxylic acids is 1. The zero-order valence-electron chi connectivity index (χ0n) is 7.70. The quantitative estimate of drug-likeness (QED) is 0.580. The van der Waals surface area contributed by atoms with Crippen LogP contribution >= 0.6 is 0 Å². The summed E-state index contributed by atoms with van der Waals surface area (Å²) in [5.74, 6) is -0.377. The lowest BCUT2D eigenvalue weighted by atomic mass is 10.4. The van der Waals surface area contributed by atoms with Crippen LogP contribution in [0, 0.1) is 0 Å². The minimum Gasteiger partial charge on any atom is -0.351 e. The maximum atomic E-state index is 11.1. The maximum absolute atomic E-state index is 11.1. The van der Waals surface area contributed by atoms with E-state index >= 15 is 0 Å². The zero-order chi connectivity index (χ0) is 10.5. The van der Waals surface area contributed by atoms with E-state index < -0.39 is 15.3 Å². The van der Waals surface area contributed by atoms with Gasteiger partial charge in [0.25, 0.3) is 0 Å². The average molecular weight is 206 g/mol. The van der Waals surface area contributed by atoms with Crippen molar-refractivity contribution >= 4 is 15.9 Å². The van der Waals surface area contributed by atoms with Crippen LogP contribution in [0.2, 0.25) is 0 Å². The monoisotopic (exact) mass is 206 g/mol. The van der Waals surface area contributed by atoms with Crippen LogP contribution in [0.3, 0.4) is 0 Å². The molecule has 0 aliphatic rings. The molecule has 5 nitrogen and oxygen atoms in total. The predicted molar refractivity (Wildman–Crippen MR) is 50.6 cm³/mol. The Kier molecular flexibility index (Phi) is 4.64. The van der Waals surface area contributed by atoms with E-state index in [1.807, 2.05) is 0 Å². The molecule has 0 aromatic rings. The standard InChI is InChI=1S/C7H14N2O3S/c1-4-7(10)9-5-6(2)13(11,12)8-3/h4,6,8H,1,5H2,2-3H3,(H,9,10)/t6-/m1/s1. The summed E-state index contributed by atoms with van der Waals surface area (Å²) < 4.78 is 24.4. The highest BCUT2D eigenvalue weighted by atomic mass is 32.2. The third-order valence-electron chi connectivity index (χ3n) is 1.56. The van der Waals surface area contributed by atoms with Gasteiger partial charge in [0.1, 0.15) is 0 Å². The van der Waals surface area contributed by atoms with Gasteiger partial charge in [-0.3, -0.25) is 4.79 Å². The molecule has 0 fully saturated rings. The number of nitrogens with one attached hydrogen (secondary N) is 2. The van der Waals surface area contributed by atoms with Crippen molar-refractivity contribution in [2.45, 2.75) is 12.2 Å². The Balaban J connectivity index is 4.09. The van der Waals surface area contributed by atoms with Crippen LogP contribution in [0.1, 0.15) is 6.92 Å². The van der Waals surface area contributed by atoms with Crippen LogP contribution < -0.4 is 10.0 Å². The summed E-state index contributed by atoms with van der Waals surface area (Å²) in [7, 11) is -1.97. The topological polar surface area (TPSA) is 75.3 Å². The highest BCUT2D eigenvalue weighted by molar-refractivity contribution is 7.90. The third-order valence-corrected chi connectivity index (χ3v) is 3.36. The summed E-state index contributed by atoms with van der Waals surface area (Å²) in [4.78, 5) is 10.7. The molecule has 0 aromatic carbocycles.